The fourth-order valence-electron chi connectivity index (χ4n) is 4.40. The van der Waals surface area contributed by atoms with Crippen molar-refractivity contribution in [2.24, 2.45) is 5.92 Å². The van der Waals surface area contributed by atoms with E-state index in [-0.39, 0.29) is 4.90 Å². The second-order valence-electron chi connectivity index (χ2n) is 8.48. The molecule has 0 radical (unpaired) electrons. The van der Waals surface area contributed by atoms with Gasteiger partial charge in [-0.25, -0.2) is 13.1 Å². The Kier molecular flexibility index (Phi) is 7.78. The molecule has 3 N–H and O–H groups in total. The summed E-state index contributed by atoms with van der Waals surface area (Å²) in [5.41, 5.74) is 1.96. The lowest BCUT2D eigenvalue weighted by atomic mass is 9.86. The van der Waals surface area contributed by atoms with Crippen LogP contribution >= 0.6 is 0 Å². The molecule has 1 aromatic heterocycles. The Morgan fingerprint density at radius 1 is 1.11 bits per heavy atom. The number of pyridine rings is 1. The number of nitrogens with one attached hydrogen (secondary N) is 2. The van der Waals surface area contributed by atoms with E-state index in [9.17, 15) is 23.1 Å². The third-order valence-corrected chi connectivity index (χ3v) is 7.65. The van der Waals surface area contributed by atoms with Crippen molar-refractivity contribution in [1.29, 1.82) is 0 Å². The molecule has 188 valence electrons. The van der Waals surface area contributed by atoms with E-state index in [1.165, 1.54) is 24.5 Å². The number of aromatic nitrogens is 1. The molecule has 36 heavy (non-hydrogen) atoms. The maximum atomic E-state index is 13.3. The molecule has 3 atom stereocenters. The van der Waals surface area contributed by atoms with E-state index in [4.69, 9.17) is 4.74 Å². The number of sulfonamides is 1. The summed E-state index contributed by atoms with van der Waals surface area (Å²) in [7, 11) is -2.62. The van der Waals surface area contributed by atoms with E-state index in [1.807, 2.05) is 24.3 Å². The molecular weight excluding hydrogens is 482 g/mol. The van der Waals surface area contributed by atoms with Crippen LogP contribution in [0.5, 0.6) is 5.75 Å². The van der Waals surface area contributed by atoms with Crippen molar-refractivity contribution in [3.05, 3.63) is 78.6 Å². The number of carbonyl (C=O) groups is 2. The van der Waals surface area contributed by atoms with E-state index in [2.05, 4.69) is 15.0 Å². The van der Waals surface area contributed by atoms with Crippen LogP contribution in [0.15, 0.2) is 78.0 Å². The largest absolute Gasteiger partial charge is 0.496 e. The molecule has 1 aliphatic rings. The SMILES string of the molecule is COc1ccccc1-c1ccc([C@H](NS(=O)(=O)c2cccnc2)[C@H](C(=O)O)C(=O)C2CCCN2)cc1. The Balaban J connectivity index is 1.75. The minimum absolute atomic E-state index is 0.128. The number of hydrogen-bond acceptors (Lipinski definition) is 7. The summed E-state index contributed by atoms with van der Waals surface area (Å²) in [4.78, 5) is 29.4. The Morgan fingerprint density at radius 2 is 1.86 bits per heavy atom. The summed E-state index contributed by atoms with van der Waals surface area (Å²) in [5.74, 6) is -2.94. The Hall–Kier alpha value is -3.60. The van der Waals surface area contributed by atoms with Gasteiger partial charge in [0.2, 0.25) is 10.0 Å². The quantitative estimate of drug-likeness (QED) is 0.355. The van der Waals surface area contributed by atoms with Gasteiger partial charge in [-0.15, -0.1) is 0 Å². The second kappa shape index (κ2) is 11.0. The van der Waals surface area contributed by atoms with E-state index >= 15 is 0 Å². The van der Waals surface area contributed by atoms with Crippen molar-refractivity contribution < 1.29 is 27.9 Å². The lowest BCUT2D eigenvalue weighted by Gasteiger charge is -2.26. The number of hydrogen-bond donors (Lipinski definition) is 3. The van der Waals surface area contributed by atoms with E-state index in [0.29, 0.717) is 24.3 Å². The molecule has 0 spiro atoms. The van der Waals surface area contributed by atoms with Gasteiger partial charge >= 0.3 is 5.97 Å². The van der Waals surface area contributed by atoms with Gasteiger partial charge in [-0.1, -0.05) is 42.5 Å². The van der Waals surface area contributed by atoms with Crippen LogP contribution < -0.4 is 14.8 Å². The molecule has 0 amide bonds. The van der Waals surface area contributed by atoms with Crippen LogP contribution in [0, 0.1) is 5.92 Å². The van der Waals surface area contributed by atoms with Gasteiger partial charge in [0.1, 0.15) is 16.6 Å². The average molecular weight is 510 g/mol. The molecule has 9 nitrogen and oxygen atoms in total. The number of carboxylic acids is 1. The van der Waals surface area contributed by atoms with Gasteiger partial charge in [-0.05, 0) is 48.7 Å². The number of carboxylic acid groups (broad SMARTS) is 1. The predicted octanol–water partition coefficient (Wildman–Crippen LogP) is 2.80. The molecule has 2 heterocycles. The normalized spacial score (nSPS) is 17.3. The highest BCUT2D eigenvalue weighted by Crippen LogP contribution is 2.33. The molecular formula is C26H27N3O6S. The van der Waals surface area contributed by atoms with Gasteiger partial charge in [0.15, 0.2) is 5.78 Å². The Bertz CT molecular complexity index is 1320. The predicted molar refractivity (Wildman–Crippen MR) is 133 cm³/mol. The topological polar surface area (TPSA) is 135 Å². The molecule has 0 bridgehead atoms. The monoisotopic (exact) mass is 509 g/mol. The molecule has 1 saturated heterocycles. The fraction of sp³-hybridized carbons (Fsp3) is 0.269. The van der Waals surface area contributed by atoms with Crippen molar-refractivity contribution >= 4 is 21.8 Å². The molecule has 2 aromatic carbocycles. The highest BCUT2D eigenvalue weighted by molar-refractivity contribution is 7.89. The number of methoxy groups -OCH3 is 1. The number of ketones is 1. The maximum absolute atomic E-state index is 13.3. The van der Waals surface area contributed by atoms with Crippen molar-refractivity contribution in [2.45, 2.75) is 29.8 Å². The number of rotatable bonds is 10. The number of para-hydroxylation sites is 1. The zero-order chi connectivity index (χ0) is 25.7. The third-order valence-electron chi connectivity index (χ3n) is 6.22. The third kappa shape index (κ3) is 5.46. The van der Waals surface area contributed by atoms with Crippen LogP contribution in [0.1, 0.15) is 24.4 Å². The highest BCUT2D eigenvalue weighted by atomic mass is 32.2. The van der Waals surface area contributed by atoms with Crippen LogP contribution in [0.3, 0.4) is 0 Å². The number of Topliss-reactive ketones (excluding diaryl/α,β-unsaturated/α-hetero) is 1. The number of carbonyl (C=O) groups excluding carboxylic acids is 1. The zero-order valence-electron chi connectivity index (χ0n) is 19.6. The molecule has 3 aromatic rings. The summed E-state index contributed by atoms with van der Waals surface area (Å²) >= 11 is 0. The minimum Gasteiger partial charge on any atom is -0.496 e. The highest BCUT2D eigenvalue weighted by Gasteiger charge is 2.42. The standard InChI is InChI=1S/C26H27N3O6S/c1-35-22-9-3-2-7-20(22)17-10-12-18(13-11-17)24(29-36(33,34)19-6-4-14-27-16-19)23(26(31)32)25(30)21-8-5-15-28-21/h2-4,6-7,9-14,16,21,23-24,28-29H,5,8,15H2,1H3,(H,31,32)/t21?,23-,24-/m0/s1. The minimum atomic E-state index is -4.18. The van der Waals surface area contributed by atoms with Crippen molar-refractivity contribution in [2.75, 3.05) is 13.7 Å². The van der Waals surface area contributed by atoms with Crippen LogP contribution in [-0.4, -0.2) is 50.0 Å². The van der Waals surface area contributed by atoms with Crippen molar-refractivity contribution in [3.63, 3.8) is 0 Å². The number of nitrogens with zero attached hydrogens (tertiary/aromatic N) is 1. The van der Waals surface area contributed by atoms with Crippen LogP contribution in [0.25, 0.3) is 11.1 Å². The Labute approximate surface area is 209 Å². The number of benzene rings is 2. The summed E-state index contributed by atoms with van der Waals surface area (Å²) in [5, 5.41) is 13.1. The molecule has 1 fully saturated rings. The molecule has 0 saturated carbocycles. The van der Waals surface area contributed by atoms with Gasteiger partial charge in [0, 0.05) is 18.0 Å². The van der Waals surface area contributed by atoms with Gasteiger partial charge in [0.05, 0.1) is 19.2 Å². The lowest BCUT2D eigenvalue weighted by molar-refractivity contribution is -0.148. The average Bonchev–Trinajstić information content (AvgIpc) is 3.44. The van der Waals surface area contributed by atoms with E-state index < -0.39 is 39.8 Å². The van der Waals surface area contributed by atoms with Gasteiger partial charge in [-0.2, -0.15) is 0 Å². The first kappa shape index (κ1) is 25.5. The second-order valence-corrected chi connectivity index (χ2v) is 10.2. The molecule has 10 heteroatoms. The summed E-state index contributed by atoms with van der Waals surface area (Å²) in [6, 6.07) is 15.0. The molecule has 4 rings (SSSR count). The van der Waals surface area contributed by atoms with Gasteiger partial charge in [0.25, 0.3) is 0 Å². The fourth-order valence-corrected chi connectivity index (χ4v) is 5.60. The van der Waals surface area contributed by atoms with Crippen molar-refractivity contribution in [1.82, 2.24) is 15.0 Å². The molecule has 1 unspecified atom stereocenters. The first-order chi connectivity index (χ1) is 17.3. The number of aliphatic carboxylic acids is 1. The smallest absolute Gasteiger partial charge is 0.316 e. The maximum Gasteiger partial charge on any atom is 0.316 e. The number of ether oxygens (including phenoxy) is 1. The van der Waals surface area contributed by atoms with Crippen LogP contribution in [-0.2, 0) is 19.6 Å². The Morgan fingerprint density at radius 3 is 2.47 bits per heavy atom. The van der Waals surface area contributed by atoms with E-state index in [1.54, 1.807) is 31.4 Å². The first-order valence-electron chi connectivity index (χ1n) is 11.5. The summed E-state index contributed by atoms with van der Waals surface area (Å²) in [6.07, 6.45) is 3.84. The van der Waals surface area contributed by atoms with Gasteiger partial charge in [-0.3, -0.25) is 14.6 Å². The van der Waals surface area contributed by atoms with Crippen LogP contribution in [0.4, 0.5) is 0 Å². The zero-order valence-corrected chi connectivity index (χ0v) is 20.4. The van der Waals surface area contributed by atoms with Gasteiger partial charge < -0.3 is 15.2 Å². The lowest BCUT2D eigenvalue weighted by Crippen LogP contribution is -2.46. The molecule has 0 aliphatic carbocycles. The first-order valence-corrected chi connectivity index (χ1v) is 13.0. The molecule has 1 aliphatic heterocycles. The summed E-state index contributed by atoms with van der Waals surface area (Å²) in [6.45, 7) is 0.600. The van der Waals surface area contributed by atoms with E-state index in [0.717, 1.165) is 17.5 Å². The van der Waals surface area contributed by atoms with Crippen molar-refractivity contribution in [3.8, 4) is 16.9 Å². The van der Waals surface area contributed by atoms with Crippen LogP contribution in [0.2, 0.25) is 0 Å². The summed E-state index contributed by atoms with van der Waals surface area (Å²) < 4.78 is 34.2.